The Hall–Kier alpha value is -1.09. The number of rotatable bonds is 2. The number of halogens is 1. The quantitative estimate of drug-likeness (QED) is 0.850. The lowest BCUT2D eigenvalue weighted by atomic mass is 9.90. The molecule has 2 nitrogen and oxygen atoms in total. The molecule has 2 heterocycles. The Morgan fingerprint density at radius 1 is 1.41 bits per heavy atom. The molecule has 1 N–H and O–H groups in total. The minimum absolute atomic E-state index is 0.160. The number of hydrogen-bond donors (Lipinski definition) is 1. The Bertz CT molecular complexity index is 401. The predicted molar refractivity (Wildman–Crippen MR) is 64.7 cm³/mol. The summed E-state index contributed by atoms with van der Waals surface area (Å²) in [5.41, 5.74) is 1.03. The molecule has 0 bridgehead atoms. The highest BCUT2D eigenvalue weighted by Gasteiger charge is 2.24. The fraction of sp³-hybridized carbons (Fsp3) is 0.571. The molecule has 0 spiro atoms. The summed E-state index contributed by atoms with van der Waals surface area (Å²) in [5.74, 6) is 1.23. The number of benzene rings is 1. The zero-order chi connectivity index (χ0) is 11.7. The number of ether oxygens (including phenoxy) is 1. The predicted octanol–water partition coefficient (Wildman–Crippen LogP) is 2.52. The molecule has 2 aliphatic heterocycles. The Kier molecular flexibility index (Phi) is 3.02. The molecule has 1 saturated heterocycles. The van der Waals surface area contributed by atoms with Crippen LogP contribution in [-0.2, 0) is 6.42 Å². The first-order chi connectivity index (χ1) is 8.31. The second-order valence-electron chi connectivity index (χ2n) is 5.16. The van der Waals surface area contributed by atoms with E-state index < -0.39 is 0 Å². The maximum absolute atomic E-state index is 13.2. The second kappa shape index (κ2) is 4.65. The summed E-state index contributed by atoms with van der Waals surface area (Å²) >= 11 is 0. The van der Waals surface area contributed by atoms with E-state index in [1.807, 2.05) is 0 Å². The molecule has 2 aliphatic rings. The van der Waals surface area contributed by atoms with Gasteiger partial charge in [-0.1, -0.05) is 0 Å². The van der Waals surface area contributed by atoms with Gasteiger partial charge in [-0.05, 0) is 61.9 Å². The third-order valence-electron chi connectivity index (χ3n) is 3.79. The Labute approximate surface area is 101 Å². The van der Waals surface area contributed by atoms with Crippen LogP contribution < -0.4 is 10.1 Å². The van der Waals surface area contributed by atoms with Gasteiger partial charge in [0.2, 0.25) is 0 Å². The molecule has 0 saturated carbocycles. The van der Waals surface area contributed by atoms with Gasteiger partial charge in [-0.2, -0.15) is 0 Å². The number of hydrogen-bond acceptors (Lipinski definition) is 2. The van der Waals surface area contributed by atoms with Crippen molar-refractivity contribution in [3.05, 3.63) is 29.6 Å². The third-order valence-corrected chi connectivity index (χ3v) is 3.79. The molecule has 1 aromatic rings. The first-order valence-electron chi connectivity index (χ1n) is 6.46. The highest BCUT2D eigenvalue weighted by Crippen LogP contribution is 2.30. The smallest absolute Gasteiger partial charge is 0.123 e. The van der Waals surface area contributed by atoms with Crippen molar-refractivity contribution in [3.63, 3.8) is 0 Å². The van der Waals surface area contributed by atoms with E-state index in [1.54, 1.807) is 12.1 Å². The van der Waals surface area contributed by atoms with Gasteiger partial charge in [0.1, 0.15) is 11.6 Å². The molecule has 2 unspecified atom stereocenters. The van der Waals surface area contributed by atoms with Gasteiger partial charge in [0.25, 0.3) is 0 Å². The molecule has 1 fully saturated rings. The monoisotopic (exact) mass is 235 g/mol. The van der Waals surface area contributed by atoms with Gasteiger partial charge in [0.05, 0.1) is 6.61 Å². The van der Waals surface area contributed by atoms with E-state index >= 15 is 0 Å². The minimum atomic E-state index is -0.160. The van der Waals surface area contributed by atoms with Crippen LogP contribution in [0.4, 0.5) is 4.39 Å². The number of fused-ring (bicyclic) bond motifs is 1. The molecule has 0 aliphatic carbocycles. The van der Waals surface area contributed by atoms with Gasteiger partial charge in [0.15, 0.2) is 0 Å². The average Bonchev–Trinajstić information content (AvgIpc) is 2.81. The maximum Gasteiger partial charge on any atom is 0.123 e. The normalized spacial score (nSPS) is 27.6. The summed E-state index contributed by atoms with van der Waals surface area (Å²) in [6, 6.07) is 5.47. The van der Waals surface area contributed by atoms with Gasteiger partial charge in [-0.25, -0.2) is 4.39 Å². The van der Waals surface area contributed by atoms with Crippen molar-refractivity contribution in [3.8, 4) is 5.75 Å². The summed E-state index contributed by atoms with van der Waals surface area (Å²) in [7, 11) is 0. The second-order valence-corrected chi connectivity index (χ2v) is 5.16. The van der Waals surface area contributed by atoms with Crippen LogP contribution in [0.5, 0.6) is 5.75 Å². The van der Waals surface area contributed by atoms with Crippen LogP contribution in [0.1, 0.15) is 24.8 Å². The van der Waals surface area contributed by atoms with Crippen molar-refractivity contribution >= 4 is 0 Å². The standard InChI is InChI=1S/C14H18FNO/c15-12-3-4-14-11(8-12)6-10(9-17-14)7-13-2-1-5-16-13/h3-4,8,10,13,16H,1-2,5-7,9H2. The van der Waals surface area contributed by atoms with Crippen LogP contribution in [0.2, 0.25) is 0 Å². The van der Waals surface area contributed by atoms with E-state index in [4.69, 9.17) is 4.74 Å². The van der Waals surface area contributed by atoms with Gasteiger partial charge >= 0.3 is 0 Å². The van der Waals surface area contributed by atoms with Gasteiger partial charge in [-0.3, -0.25) is 0 Å². The summed E-state index contributed by atoms with van der Waals surface area (Å²) in [5, 5.41) is 3.51. The third kappa shape index (κ3) is 2.44. The van der Waals surface area contributed by atoms with Gasteiger partial charge in [-0.15, -0.1) is 0 Å². The van der Waals surface area contributed by atoms with Crippen LogP contribution in [0.25, 0.3) is 0 Å². The molecule has 0 amide bonds. The maximum atomic E-state index is 13.2. The van der Waals surface area contributed by atoms with Gasteiger partial charge < -0.3 is 10.1 Å². The first kappa shape index (κ1) is 11.0. The van der Waals surface area contributed by atoms with E-state index in [1.165, 1.54) is 18.9 Å². The van der Waals surface area contributed by atoms with Crippen LogP contribution >= 0.6 is 0 Å². The van der Waals surface area contributed by atoms with Crippen molar-refractivity contribution in [2.75, 3.05) is 13.2 Å². The largest absolute Gasteiger partial charge is 0.493 e. The fourth-order valence-electron chi connectivity index (χ4n) is 2.94. The van der Waals surface area contributed by atoms with Crippen molar-refractivity contribution in [1.29, 1.82) is 0 Å². The van der Waals surface area contributed by atoms with Crippen molar-refractivity contribution in [2.45, 2.75) is 31.7 Å². The molecule has 92 valence electrons. The lowest BCUT2D eigenvalue weighted by molar-refractivity contribution is 0.203. The van der Waals surface area contributed by atoms with Gasteiger partial charge in [0, 0.05) is 6.04 Å². The van der Waals surface area contributed by atoms with Crippen molar-refractivity contribution in [1.82, 2.24) is 5.32 Å². The van der Waals surface area contributed by atoms with E-state index in [2.05, 4.69) is 5.32 Å². The lowest BCUT2D eigenvalue weighted by Crippen LogP contribution is -2.30. The average molecular weight is 235 g/mol. The van der Waals surface area contributed by atoms with E-state index in [0.717, 1.165) is 37.3 Å². The highest BCUT2D eigenvalue weighted by atomic mass is 19.1. The summed E-state index contributed by atoms with van der Waals surface area (Å²) in [4.78, 5) is 0. The van der Waals surface area contributed by atoms with Crippen LogP contribution in [-0.4, -0.2) is 19.2 Å². The molecule has 3 rings (SSSR count). The molecular weight excluding hydrogens is 217 g/mol. The zero-order valence-corrected chi connectivity index (χ0v) is 9.92. The van der Waals surface area contributed by atoms with Crippen molar-refractivity contribution in [2.24, 2.45) is 5.92 Å². The SMILES string of the molecule is Fc1ccc2c(c1)CC(CC1CCCN1)CO2. The van der Waals surface area contributed by atoms with Crippen LogP contribution in [0.3, 0.4) is 0 Å². The Morgan fingerprint density at radius 3 is 3.18 bits per heavy atom. The number of nitrogens with one attached hydrogen (secondary N) is 1. The fourth-order valence-corrected chi connectivity index (χ4v) is 2.94. The minimum Gasteiger partial charge on any atom is -0.493 e. The molecule has 3 heteroatoms. The Morgan fingerprint density at radius 2 is 2.35 bits per heavy atom. The molecule has 1 aromatic carbocycles. The Balaban J connectivity index is 1.67. The summed E-state index contributed by atoms with van der Waals surface area (Å²) < 4.78 is 18.9. The molecule has 0 aromatic heterocycles. The lowest BCUT2D eigenvalue weighted by Gasteiger charge is -2.27. The summed E-state index contributed by atoms with van der Waals surface area (Å²) in [6.07, 6.45) is 4.65. The molecular formula is C14H18FNO. The zero-order valence-electron chi connectivity index (χ0n) is 9.92. The first-order valence-corrected chi connectivity index (χ1v) is 6.46. The topological polar surface area (TPSA) is 21.3 Å². The van der Waals surface area contributed by atoms with E-state index in [9.17, 15) is 4.39 Å². The molecule has 2 atom stereocenters. The molecule has 0 radical (unpaired) electrons. The summed E-state index contributed by atoms with van der Waals surface area (Å²) in [6.45, 7) is 1.92. The van der Waals surface area contributed by atoms with Crippen LogP contribution in [0, 0.1) is 11.7 Å². The van der Waals surface area contributed by atoms with E-state index in [-0.39, 0.29) is 5.82 Å². The highest BCUT2D eigenvalue weighted by molar-refractivity contribution is 5.35. The van der Waals surface area contributed by atoms with Crippen molar-refractivity contribution < 1.29 is 9.13 Å². The van der Waals surface area contributed by atoms with Crippen LogP contribution in [0.15, 0.2) is 18.2 Å². The van der Waals surface area contributed by atoms with E-state index in [0.29, 0.717) is 12.0 Å². The molecule has 17 heavy (non-hydrogen) atoms.